The van der Waals surface area contributed by atoms with Crippen molar-refractivity contribution in [2.24, 2.45) is 0 Å². The molecule has 0 radical (unpaired) electrons. The van der Waals surface area contributed by atoms with Gasteiger partial charge in [0.25, 0.3) is 0 Å². The minimum atomic E-state index is -0.264. The van der Waals surface area contributed by atoms with Gasteiger partial charge in [0.05, 0.1) is 11.4 Å². The standard InChI is InChI=1S/C17H13NO/c19-12-16(13-6-2-1-3-7-13)15-10-4-8-14-9-5-11-18-17(14)15/h1-12,16H. The first-order chi connectivity index (χ1) is 9.40. The molecule has 0 fully saturated rings. The first-order valence-electron chi connectivity index (χ1n) is 6.24. The van der Waals surface area contributed by atoms with Crippen LogP contribution in [-0.4, -0.2) is 11.3 Å². The van der Waals surface area contributed by atoms with E-state index in [0.29, 0.717) is 0 Å². The van der Waals surface area contributed by atoms with Crippen molar-refractivity contribution in [3.8, 4) is 0 Å². The van der Waals surface area contributed by atoms with Crippen LogP contribution in [0.25, 0.3) is 10.9 Å². The third-order valence-corrected chi connectivity index (χ3v) is 3.29. The van der Waals surface area contributed by atoms with Gasteiger partial charge in [-0.1, -0.05) is 54.6 Å². The van der Waals surface area contributed by atoms with Gasteiger partial charge in [-0.2, -0.15) is 0 Å². The Labute approximate surface area is 111 Å². The van der Waals surface area contributed by atoms with Crippen LogP contribution in [0.15, 0.2) is 66.9 Å². The Hall–Kier alpha value is -2.48. The summed E-state index contributed by atoms with van der Waals surface area (Å²) in [5.41, 5.74) is 2.85. The summed E-state index contributed by atoms with van der Waals surface area (Å²) in [6.45, 7) is 0. The molecule has 0 saturated heterocycles. The molecule has 19 heavy (non-hydrogen) atoms. The van der Waals surface area contributed by atoms with E-state index in [9.17, 15) is 4.79 Å². The van der Waals surface area contributed by atoms with E-state index in [1.165, 1.54) is 0 Å². The summed E-state index contributed by atoms with van der Waals surface area (Å²) in [5, 5.41) is 1.06. The normalized spacial score (nSPS) is 12.2. The Morgan fingerprint density at radius 3 is 2.47 bits per heavy atom. The van der Waals surface area contributed by atoms with Gasteiger partial charge in [-0.05, 0) is 17.2 Å². The first-order valence-corrected chi connectivity index (χ1v) is 6.24. The fourth-order valence-electron chi connectivity index (χ4n) is 2.37. The Morgan fingerprint density at radius 2 is 1.68 bits per heavy atom. The molecule has 2 heteroatoms. The monoisotopic (exact) mass is 247 g/mol. The summed E-state index contributed by atoms with van der Waals surface area (Å²) in [5.74, 6) is -0.264. The number of hydrogen-bond acceptors (Lipinski definition) is 2. The van der Waals surface area contributed by atoms with Gasteiger partial charge in [0, 0.05) is 11.6 Å². The molecule has 3 rings (SSSR count). The molecule has 0 amide bonds. The van der Waals surface area contributed by atoms with E-state index in [4.69, 9.17) is 0 Å². The maximum absolute atomic E-state index is 11.5. The smallest absolute Gasteiger partial charge is 0.131 e. The third kappa shape index (κ3) is 2.13. The first kappa shape index (κ1) is 11.6. The SMILES string of the molecule is O=CC(c1ccccc1)c1cccc2cccnc12. The number of pyridine rings is 1. The van der Waals surface area contributed by atoms with E-state index >= 15 is 0 Å². The van der Waals surface area contributed by atoms with Gasteiger partial charge in [-0.25, -0.2) is 0 Å². The second kappa shape index (κ2) is 5.02. The highest BCUT2D eigenvalue weighted by Gasteiger charge is 2.15. The van der Waals surface area contributed by atoms with Crippen LogP contribution < -0.4 is 0 Å². The van der Waals surface area contributed by atoms with Crippen LogP contribution in [0.2, 0.25) is 0 Å². The Bertz CT molecular complexity index is 701. The number of aromatic nitrogens is 1. The number of hydrogen-bond donors (Lipinski definition) is 0. The molecule has 92 valence electrons. The van der Waals surface area contributed by atoms with Crippen molar-refractivity contribution in [1.82, 2.24) is 4.98 Å². The van der Waals surface area contributed by atoms with Crippen molar-refractivity contribution in [2.75, 3.05) is 0 Å². The fraction of sp³-hybridized carbons (Fsp3) is 0.0588. The number of nitrogens with zero attached hydrogens (tertiary/aromatic N) is 1. The van der Waals surface area contributed by atoms with Crippen LogP contribution in [0.4, 0.5) is 0 Å². The van der Waals surface area contributed by atoms with Crippen LogP contribution in [-0.2, 0) is 4.79 Å². The van der Waals surface area contributed by atoms with E-state index in [1.54, 1.807) is 6.20 Å². The summed E-state index contributed by atoms with van der Waals surface area (Å²) in [6.07, 6.45) is 2.75. The fourth-order valence-corrected chi connectivity index (χ4v) is 2.37. The number of carbonyl (C=O) groups excluding carboxylic acids is 1. The molecule has 1 unspecified atom stereocenters. The lowest BCUT2D eigenvalue weighted by atomic mass is 9.91. The molecule has 3 aromatic rings. The topological polar surface area (TPSA) is 30.0 Å². The van der Waals surface area contributed by atoms with Crippen LogP contribution >= 0.6 is 0 Å². The zero-order valence-electron chi connectivity index (χ0n) is 10.4. The Kier molecular flexibility index (Phi) is 3.07. The van der Waals surface area contributed by atoms with E-state index < -0.39 is 0 Å². The summed E-state index contributed by atoms with van der Waals surface area (Å²) in [6, 6.07) is 19.7. The molecule has 0 saturated carbocycles. The lowest BCUT2D eigenvalue weighted by molar-refractivity contribution is -0.108. The van der Waals surface area contributed by atoms with Crippen molar-refractivity contribution >= 4 is 17.2 Å². The molecule has 1 heterocycles. The number of carbonyl (C=O) groups is 1. The minimum Gasteiger partial charge on any atom is -0.302 e. The van der Waals surface area contributed by atoms with Crippen molar-refractivity contribution in [3.05, 3.63) is 78.0 Å². The zero-order chi connectivity index (χ0) is 13.1. The van der Waals surface area contributed by atoms with Crippen LogP contribution in [0.1, 0.15) is 17.0 Å². The molecule has 1 aromatic heterocycles. The predicted molar refractivity (Wildman–Crippen MR) is 76.1 cm³/mol. The highest BCUT2D eigenvalue weighted by molar-refractivity contribution is 5.86. The average molecular weight is 247 g/mol. The molecular weight excluding hydrogens is 234 g/mol. The molecule has 2 nitrogen and oxygen atoms in total. The maximum Gasteiger partial charge on any atom is 0.131 e. The van der Waals surface area contributed by atoms with Gasteiger partial charge in [0.1, 0.15) is 6.29 Å². The van der Waals surface area contributed by atoms with E-state index in [1.807, 2.05) is 60.7 Å². The molecule has 1 atom stereocenters. The van der Waals surface area contributed by atoms with Gasteiger partial charge in [-0.3, -0.25) is 4.98 Å². The Morgan fingerprint density at radius 1 is 0.895 bits per heavy atom. The van der Waals surface area contributed by atoms with Crippen molar-refractivity contribution < 1.29 is 4.79 Å². The predicted octanol–water partition coefficient (Wildman–Crippen LogP) is 3.57. The zero-order valence-corrected chi connectivity index (χ0v) is 10.4. The minimum absolute atomic E-state index is 0.264. The van der Waals surface area contributed by atoms with Gasteiger partial charge in [0.2, 0.25) is 0 Å². The summed E-state index contributed by atoms with van der Waals surface area (Å²) in [4.78, 5) is 15.9. The summed E-state index contributed by atoms with van der Waals surface area (Å²) in [7, 11) is 0. The number of para-hydroxylation sites is 1. The van der Waals surface area contributed by atoms with E-state index in [2.05, 4.69) is 4.98 Å². The molecule has 0 aliphatic heterocycles. The van der Waals surface area contributed by atoms with Crippen molar-refractivity contribution in [1.29, 1.82) is 0 Å². The molecule has 0 aliphatic carbocycles. The Balaban J connectivity index is 2.20. The lowest BCUT2D eigenvalue weighted by Gasteiger charge is -2.13. The van der Waals surface area contributed by atoms with Gasteiger partial charge in [-0.15, -0.1) is 0 Å². The van der Waals surface area contributed by atoms with Gasteiger partial charge in [0.15, 0.2) is 0 Å². The molecular formula is C17H13NO. The number of benzene rings is 2. The number of rotatable bonds is 3. The average Bonchev–Trinajstić information content (AvgIpc) is 2.49. The lowest BCUT2D eigenvalue weighted by Crippen LogP contribution is -2.03. The van der Waals surface area contributed by atoms with Gasteiger partial charge < -0.3 is 4.79 Å². The van der Waals surface area contributed by atoms with Crippen LogP contribution in [0, 0.1) is 0 Å². The van der Waals surface area contributed by atoms with Crippen LogP contribution in [0.5, 0.6) is 0 Å². The van der Waals surface area contributed by atoms with Crippen LogP contribution in [0.3, 0.4) is 0 Å². The molecule has 0 N–H and O–H groups in total. The quantitative estimate of drug-likeness (QED) is 0.662. The van der Waals surface area contributed by atoms with E-state index in [-0.39, 0.29) is 5.92 Å². The highest BCUT2D eigenvalue weighted by atomic mass is 16.1. The second-order valence-electron chi connectivity index (χ2n) is 4.45. The molecule has 2 aromatic carbocycles. The van der Waals surface area contributed by atoms with E-state index in [0.717, 1.165) is 28.3 Å². The largest absolute Gasteiger partial charge is 0.302 e. The highest BCUT2D eigenvalue weighted by Crippen LogP contribution is 2.27. The molecule has 0 aliphatic rings. The summed E-state index contributed by atoms with van der Waals surface area (Å²) < 4.78 is 0. The third-order valence-electron chi connectivity index (χ3n) is 3.29. The molecule has 0 bridgehead atoms. The number of aldehydes is 1. The van der Waals surface area contributed by atoms with Crippen molar-refractivity contribution in [2.45, 2.75) is 5.92 Å². The molecule has 0 spiro atoms. The number of fused-ring (bicyclic) bond motifs is 1. The van der Waals surface area contributed by atoms with Gasteiger partial charge >= 0.3 is 0 Å². The second-order valence-corrected chi connectivity index (χ2v) is 4.45. The summed E-state index contributed by atoms with van der Waals surface area (Å²) >= 11 is 0. The van der Waals surface area contributed by atoms with Crippen molar-refractivity contribution in [3.63, 3.8) is 0 Å². The maximum atomic E-state index is 11.5.